The van der Waals surface area contributed by atoms with E-state index in [1.807, 2.05) is 0 Å². The highest BCUT2D eigenvalue weighted by molar-refractivity contribution is 8.12. The van der Waals surface area contributed by atoms with Crippen molar-refractivity contribution in [3.05, 3.63) is 47.0 Å². The van der Waals surface area contributed by atoms with Crippen LogP contribution in [0.1, 0.15) is 0 Å². The molecule has 6 aliphatic rings. The number of hydrogen-bond acceptors (Lipinski definition) is 22. The van der Waals surface area contributed by atoms with Crippen LogP contribution in [0.25, 0.3) is 0 Å². The SMILES string of the molecule is CSC(=O)OCC1=C[C@H](O)[C@@H]2C(C(=O)OC[C@H]3O[C@@H](O[C@@H]4OC=C(C(=O)O)[C@@H]5[C@H]4C(CO)=C[C@@H]5O)[C@H](O)[C@@H](O)[C@@H]3O)=CO[C@@H](O[C@@H]3O[C@H](CO)[C@@H](O)[C@H](O)[C@H]3O)[C@H]12. The fraction of sp³-hybridized carbons (Fsp3) is 0.676. The minimum atomic E-state index is -1.95. The highest BCUT2D eigenvalue weighted by Crippen LogP contribution is 2.46. The molecule has 0 radical (unpaired) electrons. The number of carboxylic acid groups (broad SMARTS) is 1. The fourth-order valence-electron chi connectivity index (χ4n) is 7.77. The maximum atomic E-state index is 13.6. The Kier molecular flexibility index (Phi) is 13.6. The summed E-state index contributed by atoms with van der Waals surface area (Å²) >= 11 is 0.758. The van der Waals surface area contributed by atoms with Gasteiger partial charge < -0.3 is 94.1 Å². The van der Waals surface area contributed by atoms with Gasteiger partial charge in [-0.25, -0.2) is 14.4 Å². The molecule has 2 aliphatic carbocycles. The minimum Gasteiger partial charge on any atom is -0.478 e. The van der Waals surface area contributed by atoms with Crippen molar-refractivity contribution in [2.24, 2.45) is 23.7 Å². The van der Waals surface area contributed by atoms with E-state index in [0.29, 0.717) is 0 Å². The van der Waals surface area contributed by atoms with Gasteiger partial charge in [-0.15, -0.1) is 0 Å². The third kappa shape index (κ3) is 8.46. The van der Waals surface area contributed by atoms with Crippen LogP contribution < -0.4 is 0 Å². The first-order valence-electron chi connectivity index (χ1n) is 17.6. The molecule has 318 valence electrons. The molecule has 6 rings (SSSR count). The molecule has 0 aromatic rings. The van der Waals surface area contributed by atoms with E-state index in [2.05, 4.69) is 0 Å². The summed E-state index contributed by atoms with van der Waals surface area (Å²) in [5.41, 5.74) is -0.245. The second-order valence-corrected chi connectivity index (χ2v) is 14.8. The largest absolute Gasteiger partial charge is 0.478 e. The summed E-state index contributed by atoms with van der Waals surface area (Å²) < 4.78 is 44.5. The maximum absolute atomic E-state index is 13.6. The van der Waals surface area contributed by atoms with E-state index >= 15 is 0 Å². The smallest absolute Gasteiger partial charge is 0.367 e. The molecule has 0 spiro atoms. The van der Waals surface area contributed by atoms with Gasteiger partial charge in [0, 0.05) is 11.8 Å². The summed E-state index contributed by atoms with van der Waals surface area (Å²) in [4.78, 5) is 37.4. The standard InChI is InChI=1S/C34H44O22S/c1-57-34(48)52-6-11-3-15(38)21-13(8-51-31(19(11)21)56-32-26(43)24(41)22(39)16(5-36)53-32)29(47)49-9-17-23(40)25(42)27(44)33(54-17)55-30-18-10(4-35)2-14(37)20(18)12(7-50-30)28(45)46/h2-3,7-8,14-27,30-33,35-44H,4-6,9H2,1H3,(H,45,46)/t14-,15-,16+,17+,18+,19+,20-,21-,22+,23+,24-,25-,26+,27+,30-,31-,32-,33-/m0/s1. The molecule has 57 heavy (non-hydrogen) atoms. The summed E-state index contributed by atoms with van der Waals surface area (Å²) in [6.07, 6.45) is -17.6. The highest BCUT2D eigenvalue weighted by Gasteiger charge is 2.54. The number of ether oxygens (including phenoxy) is 8. The highest BCUT2D eigenvalue weighted by atomic mass is 32.2. The second-order valence-electron chi connectivity index (χ2n) is 14.0. The van der Waals surface area contributed by atoms with Gasteiger partial charge in [0.05, 0.1) is 60.9 Å². The van der Waals surface area contributed by atoms with Crippen molar-refractivity contribution < 1.29 is 108 Å². The number of rotatable bonds is 12. The Morgan fingerprint density at radius 1 is 0.649 bits per heavy atom. The molecule has 2 fully saturated rings. The molecule has 0 aromatic heterocycles. The lowest BCUT2D eigenvalue weighted by molar-refractivity contribution is -0.341. The first-order valence-corrected chi connectivity index (χ1v) is 18.9. The third-order valence-corrected chi connectivity index (χ3v) is 11.2. The lowest BCUT2D eigenvalue weighted by Gasteiger charge is -2.43. The number of aliphatic hydroxyl groups excluding tert-OH is 10. The number of esters is 1. The van der Waals surface area contributed by atoms with E-state index in [9.17, 15) is 70.6 Å². The number of aliphatic hydroxyl groups is 10. The Bertz CT molecular complexity index is 1630. The Labute approximate surface area is 326 Å². The number of carbonyl (C=O) groups is 3. The third-order valence-electron chi connectivity index (χ3n) is 10.7. The molecule has 0 aromatic carbocycles. The molecule has 0 amide bonds. The molecule has 22 nitrogen and oxygen atoms in total. The van der Waals surface area contributed by atoms with E-state index in [-0.39, 0.29) is 22.3 Å². The molecule has 0 bridgehead atoms. The summed E-state index contributed by atoms with van der Waals surface area (Å²) in [5.74, 6) is -7.09. The Morgan fingerprint density at radius 2 is 1.16 bits per heavy atom. The van der Waals surface area contributed by atoms with Gasteiger partial charge in [0.15, 0.2) is 12.6 Å². The molecule has 4 aliphatic heterocycles. The van der Waals surface area contributed by atoms with Crippen LogP contribution in [0, 0.1) is 23.7 Å². The normalized spacial score (nSPS) is 42.6. The molecular weight excluding hydrogens is 792 g/mol. The van der Waals surface area contributed by atoms with Crippen LogP contribution in [0.3, 0.4) is 0 Å². The van der Waals surface area contributed by atoms with Crippen LogP contribution in [0.15, 0.2) is 47.0 Å². The number of thioether (sulfide) groups is 1. The van der Waals surface area contributed by atoms with Crippen molar-refractivity contribution in [2.75, 3.05) is 32.7 Å². The molecule has 0 saturated carbocycles. The van der Waals surface area contributed by atoms with E-state index in [1.165, 1.54) is 18.4 Å². The monoisotopic (exact) mass is 836 g/mol. The van der Waals surface area contributed by atoms with Gasteiger partial charge in [0.25, 0.3) is 0 Å². The molecule has 2 saturated heterocycles. The van der Waals surface area contributed by atoms with Crippen LogP contribution in [0.4, 0.5) is 4.79 Å². The number of fused-ring (bicyclic) bond motifs is 2. The van der Waals surface area contributed by atoms with Crippen LogP contribution in [0.2, 0.25) is 0 Å². The van der Waals surface area contributed by atoms with Crippen molar-refractivity contribution in [2.45, 2.75) is 86.2 Å². The lowest BCUT2D eigenvalue weighted by atomic mass is 9.82. The van der Waals surface area contributed by atoms with Crippen LogP contribution in [-0.4, -0.2) is 192 Å². The Morgan fingerprint density at radius 3 is 1.70 bits per heavy atom. The molecule has 0 unspecified atom stereocenters. The van der Waals surface area contributed by atoms with Crippen LogP contribution >= 0.6 is 11.8 Å². The van der Waals surface area contributed by atoms with Crippen molar-refractivity contribution in [1.29, 1.82) is 0 Å². The Balaban J connectivity index is 1.17. The zero-order valence-corrected chi connectivity index (χ0v) is 30.7. The lowest BCUT2D eigenvalue weighted by Crippen LogP contribution is -2.60. The van der Waals surface area contributed by atoms with E-state index in [4.69, 9.17) is 37.9 Å². The number of carboxylic acids is 1. The maximum Gasteiger partial charge on any atom is 0.367 e. The van der Waals surface area contributed by atoms with Crippen LogP contribution in [0.5, 0.6) is 0 Å². The van der Waals surface area contributed by atoms with Gasteiger partial charge in [-0.2, -0.15) is 0 Å². The molecular formula is C34H44O22S. The fourth-order valence-corrected chi connectivity index (χ4v) is 7.95. The number of aliphatic carboxylic acids is 1. The van der Waals surface area contributed by atoms with Gasteiger partial charge in [-0.05, 0) is 29.2 Å². The minimum absolute atomic E-state index is 0.164. The van der Waals surface area contributed by atoms with Crippen molar-refractivity contribution in [3.63, 3.8) is 0 Å². The summed E-state index contributed by atoms with van der Waals surface area (Å²) in [6, 6.07) is 0. The van der Waals surface area contributed by atoms with Gasteiger partial charge in [0.1, 0.15) is 62.0 Å². The molecule has 11 N–H and O–H groups in total. The molecule has 4 heterocycles. The first kappa shape index (κ1) is 43.3. The predicted octanol–water partition coefficient (Wildman–Crippen LogP) is -4.71. The Hall–Kier alpha value is -3.24. The van der Waals surface area contributed by atoms with Gasteiger partial charge in [-0.1, -0.05) is 12.2 Å². The van der Waals surface area contributed by atoms with E-state index < -0.39 is 154 Å². The summed E-state index contributed by atoms with van der Waals surface area (Å²) in [5, 5.41) is 113. The topological polar surface area (TPSA) is 348 Å². The predicted molar refractivity (Wildman–Crippen MR) is 181 cm³/mol. The van der Waals surface area contributed by atoms with Gasteiger partial charge in [-0.3, -0.25) is 0 Å². The summed E-state index contributed by atoms with van der Waals surface area (Å²) in [7, 11) is 0. The second kappa shape index (κ2) is 17.9. The van der Waals surface area contributed by atoms with Crippen molar-refractivity contribution >= 4 is 29.0 Å². The quantitative estimate of drug-likeness (QED) is 0.0650. The molecule has 23 heteroatoms. The zero-order chi connectivity index (χ0) is 41.5. The van der Waals surface area contributed by atoms with Gasteiger partial charge >= 0.3 is 17.2 Å². The first-order chi connectivity index (χ1) is 27.1. The number of hydrogen-bond donors (Lipinski definition) is 11. The zero-order valence-electron chi connectivity index (χ0n) is 29.8. The average Bonchev–Trinajstić information content (AvgIpc) is 3.72. The van der Waals surface area contributed by atoms with Crippen molar-refractivity contribution in [1.82, 2.24) is 0 Å². The van der Waals surface area contributed by atoms with E-state index in [1.54, 1.807) is 0 Å². The molecule has 18 atom stereocenters. The van der Waals surface area contributed by atoms with Gasteiger partial charge in [0.2, 0.25) is 12.6 Å². The number of carbonyl (C=O) groups excluding carboxylic acids is 2. The van der Waals surface area contributed by atoms with E-state index in [0.717, 1.165) is 24.3 Å². The van der Waals surface area contributed by atoms with Crippen molar-refractivity contribution in [3.8, 4) is 0 Å². The average molecular weight is 837 g/mol. The van der Waals surface area contributed by atoms with Crippen LogP contribution in [-0.2, 0) is 47.5 Å². The summed E-state index contributed by atoms with van der Waals surface area (Å²) in [6.45, 7) is -2.58.